The molecule has 0 saturated heterocycles. The Hall–Kier alpha value is -7.11. The van der Waals surface area contributed by atoms with E-state index < -0.39 is 0 Å². The molecule has 5 nitrogen and oxygen atoms in total. The highest BCUT2D eigenvalue weighted by molar-refractivity contribution is 6.16. The number of hydrogen-bond acceptors (Lipinski definition) is 5. The second kappa shape index (κ2) is 11.2. The predicted octanol–water partition coefficient (Wildman–Crippen LogP) is 12.6. The van der Waals surface area contributed by atoms with Crippen molar-refractivity contribution in [3.63, 3.8) is 0 Å². The van der Waals surface area contributed by atoms with E-state index in [1.165, 1.54) is 0 Å². The van der Waals surface area contributed by atoms with E-state index in [-0.39, 0.29) is 0 Å². The van der Waals surface area contributed by atoms with Crippen molar-refractivity contribution in [3.8, 4) is 45.3 Å². The lowest BCUT2D eigenvalue weighted by Gasteiger charge is -2.14. The zero-order valence-corrected chi connectivity index (χ0v) is 27.7. The third kappa shape index (κ3) is 4.46. The molecular weight excluding hydrogens is 639 g/mol. The van der Waals surface area contributed by atoms with E-state index in [1.807, 2.05) is 66.7 Å². The SMILES string of the molecule is c1ccc(-c2nc(-c3ccc4cc5c(cc4c3)oc3ccccc35)nc(-c3ccc(-c4cccc5oc6ccccc6c45)c4ccccc34)n2)cc1. The molecule has 0 spiro atoms. The van der Waals surface area contributed by atoms with Gasteiger partial charge in [-0.15, -0.1) is 0 Å². The molecule has 11 aromatic rings. The molecule has 8 aromatic carbocycles. The smallest absolute Gasteiger partial charge is 0.164 e. The first-order valence-electron chi connectivity index (χ1n) is 17.3. The van der Waals surface area contributed by atoms with Gasteiger partial charge in [-0.2, -0.15) is 0 Å². The maximum Gasteiger partial charge on any atom is 0.164 e. The molecule has 0 aliphatic rings. The quantitative estimate of drug-likeness (QED) is 0.187. The monoisotopic (exact) mass is 665 g/mol. The topological polar surface area (TPSA) is 65.0 Å². The van der Waals surface area contributed by atoms with Crippen LogP contribution in [0.2, 0.25) is 0 Å². The van der Waals surface area contributed by atoms with Crippen LogP contribution in [0.25, 0.3) is 111 Å². The van der Waals surface area contributed by atoms with Gasteiger partial charge >= 0.3 is 0 Å². The fourth-order valence-corrected chi connectivity index (χ4v) is 7.68. The van der Waals surface area contributed by atoms with Crippen molar-refractivity contribution in [2.75, 3.05) is 0 Å². The summed E-state index contributed by atoms with van der Waals surface area (Å²) in [5, 5.41) is 8.80. The summed E-state index contributed by atoms with van der Waals surface area (Å²) in [7, 11) is 0. The van der Waals surface area contributed by atoms with Gasteiger partial charge < -0.3 is 8.83 Å². The number of rotatable bonds is 4. The highest BCUT2D eigenvalue weighted by atomic mass is 16.3. The molecule has 52 heavy (non-hydrogen) atoms. The van der Waals surface area contributed by atoms with Gasteiger partial charge in [-0.05, 0) is 75.1 Å². The number of para-hydroxylation sites is 2. The van der Waals surface area contributed by atoms with Crippen LogP contribution in [0.15, 0.2) is 173 Å². The maximum absolute atomic E-state index is 6.26. The van der Waals surface area contributed by atoms with Crippen molar-refractivity contribution in [1.29, 1.82) is 0 Å². The fraction of sp³-hybridized carbons (Fsp3) is 0. The number of aromatic nitrogens is 3. The lowest BCUT2D eigenvalue weighted by atomic mass is 9.92. The second-order valence-electron chi connectivity index (χ2n) is 13.2. The Kier molecular flexibility index (Phi) is 6.18. The molecule has 0 aliphatic heterocycles. The number of benzene rings is 8. The molecule has 3 heterocycles. The Morgan fingerprint density at radius 2 is 0.923 bits per heavy atom. The first-order chi connectivity index (χ1) is 25.7. The first kappa shape index (κ1) is 28.7. The Labute approximate surface area is 297 Å². The summed E-state index contributed by atoms with van der Waals surface area (Å²) in [6, 6.07) is 56.3. The van der Waals surface area contributed by atoms with E-state index in [0.717, 1.165) is 93.2 Å². The minimum Gasteiger partial charge on any atom is -0.456 e. The Balaban J connectivity index is 1.11. The van der Waals surface area contributed by atoms with Crippen LogP contribution in [0.3, 0.4) is 0 Å². The summed E-state index contributed by atoms with van der Waals surface area (Å²) in [5.74, 6) is 1.85. The largest absolute Gasteiger partial charge is 0.456 e. The molecule has 0 amide bonds. The fourth-order valence-electron chi connectivity index (χ4n) is 7.68. The molecule has 242 valence electrons. The third-order valence-corrected chi connectivity index (χ3v) is 10.1. The lowest BCUT2D eigenvalue weighted by molar-refractivity contribution is 0.669. The second-order valence-corrected chi connectivity index (χ2v) is 13.2. The molecule has 0 fully saturated rings. The van der Waals surface area contributed by atoms with Crippen molar-refractivity contribution < 1.29 is 8.83 Å². The van der Waals surface area contributed by atoms with Crippen LogP contribution in [-0.4, -0.2) is 15.0 Å². The van der Waals surface area contributed by atoms with Gasteiger partial charge in [0.25, 0.3) is 0 Å². The molecule has 0 aliphatic carbocycles. The summed E-state index contributed by atoms with van der Waals surface area (Å²) in [4.78, 5) is 15.3. The van der Waals surface area contributed by atoms with Crippen molar-refractivity contribution >= 4 is 65.4 Å². The molecule has 0 saturated carbocycles. The molecular formula is C47H27N3O2. The van der Waals surface area contributed by atoms with Gasteiger partial charge in [-0.3, -0.25) is 0 Å². The van der Waals surface area contributed by atoms with E-state index in [0.29, 0.717) is 17.5 Å². The normalized spacial score (nSPS) is 11.8. The molecule has 11 rings (SSSR count). The van der Waals surface area contributed by atoms with Gasteiger partial charge in [0, 0.05) is 38.2 Å². The Morgan fingerprint density at radius 3 is 1.75 bits per heavy atom. The summed E-state index contributed by atoms with van der Waals surface area (Å²) >= 11 is 0. The van der Waals surface area contributed by atoms with Crippen LogP contribution in [0.5, 0.6) is 0 Å². The molecule has 0 radical (unpaired) electrons. The van der Waals surface area contributed by atoms with Crippen molar-refractivity contribution in [1.82, 2.24) is 15.0 Å². The average Bonchev–Trinajstić information content (AvgIpc) is 3.77. The third-order valence-electron chi connectivity index (χ3n) is 10.1. The summed E-state index contributed by atoms with van der Waals surface area (Å²) in [6.45, 7) is 0. The van der Waals surface area contributed by atoms with E-state index in [2.05, 4.69) is 97.1 Å². The van der Waals surface area contributed by atoms with Crippen LogP contribution in [0.1, 0.15) is 0 Å². The number of fused-ring (bicyclic) bond motifs is 8. The van der Waals surface area contributed by atoms with Crippen LogP contribution in [0, 0.1) is 0 Å². The van der Waals surface area contributed by atoms with E-state index in [9.17, 15) is 0 Å². The number of hydrogen-bond donors (Lipinski definition) is 0. The number of nitrogens with zero attached hydrogens (tertiary/aromatic N) is 3. The van der Waals surface area contributed by atoms with Crippen molar-refractivity contribution in [2.45, 2.75) is 0 Å². The maximum atomic E-state index is 6.26. The van der Waals surface area contributed by atoms with Crippen LogP contribution in [-0.2, 0) is 0 Å². The van der Waals surface area contributed by atoms with Crippen LogP contribution in [0.4, 0.5) is 0 Å². The van der Waals surface area contributed by atoms with E-state index >= 15 is 0 Å². The molecule has 0 bridgehead atoms. The minimum atomic E-state index is 0.609. The van der Waals surface area contributed by atoms with Crippen molar-refractivity contribution in [2.24, 2.45) is 0 Å². The van der Waals surface area contributed by atoms with Crippen LogP contribution >= 0.6 is 0 Å². The van der Waals surface area contributed by atoms with Gasteiger partial charge in [0.15, 0.2) is 17.5 Å². The van der Waals surface area contributed by atoms with Gasteiger partial charge in [-0.1, -0.05) is 121 Å². The van der Waals surface area contributed by atoms with Gasteiger partial charge in [-0.25, -0.2) is 15.0 Å². The van der Waals surface area contributed by atoms with Gasteiger partial charge in [0.05, 0.1) is 0 Å². The van der Waals surface area contributed by atoms with Crippen molar-refractivity contribution in [3.05, 3.63) is 164 Å². The molecule has 5 heteroatoms. The predicted molar refractivity (Wildman–Crippen MR) is 211 cm³/mol. The Bertz CT molecular complexity index is 3190. The minimum absolute atomic E-state index is 0.609. The molecule has 0 unspecified atom stereocenters. The van der Waals surface area contributed by atoms with E-state index in [4.69, 9.17) is 23.8 Å². The molecule has 0 atom stereocenters. The molecule has 0 N–H and O–H groups in total. The summed E-state index contributed by atoms with van der Waals surface area (Å²) < 4.78 is 12.5. The first-order valence-corrected chi connectivity index (χ1v) is 17.3. The van der Waals surface area contributed by atoms with Gasteiger partial charge in [0.2, 0.25) is 0 Å². The van der Waals surface area contributed by atoms with Gasteiger partial charge in [0.1, 0.15) is 22.3 Å². The summed E-state index contributed by atoms with van der Waals surface area (Å²) in [6.07, 6.45) is 0. The van der Waals surface area contributed by atoms with Crippen LogP contribution < -0.4 is 0 Å². The highest BCUT2D eigenvalue weighted by Gasteiger charge is 2.19. The highest BCUT2D eigenvalue weighted by Crippen LogP contribution is 2.42. The zero-order chi connectivity index (χ0) is 34.2. The lowest BCUT2D eigenvalue weighted by Crippen LogP contribution is -2.01. The average molecular weight is 666 g/mol. The molecule has 3 aromatic heterocycles. The van der Waals surface area contributed by atoms with E-state index in [1.54, 1.807) is 0 Å². The standard InChI is InChI=1S/C47H27N3O2/c1-2-11-28(12-3-1)45-48-46(30-22-21-29-26-39-35-15-6-8-18-40(35)52-43(39)27-31(29)25-30)50-47(49-45)37-24-23-34(32-13-4-5-14-33(32)37)36-17-10-20-42-44(36)38-16-7-9-19-41(38)51-42/h1-27H. The Morgan fingerprint density at radius 1 is 0.308 bits per heavy atom. The number of furan rings is 2. The summed E-state index contributed by atoms with van der Waals surface area (Å²) in [5.41, 5.74) is 8.52. The zero-order valence-electron chi connectivity index (χ0n) is 27.7.